The number of hydrogen-bond donors (Lipinski definition) is 0. The van der Waals surface area contributed by atoms with E-state index >= 15 is 4.39 Å². The van der Waals surface area contributed by atoms with Crippen molar-refractivity contribution in [2.24, 2.45) is 0 Å². The molecule has 4 heterocycles. The highest BCUT2D eigenvalue weighted by atomic mass is 32.1. The Balaban J connectivity index is 1.12. The fourth-order valence-corrected chi connectivity index (χ4v) is 14.9. The molecular weight excluding hydrogens is 940 g/mol. The lowest BCUT2D eigenvalue weighted by molar-refractivity contribution is 0.300. The van der Waals surface area contributed by atoms with Gasteiger partial charge in [-0.05, 0) is 80.3 Å². The summed E-state index contributed by atoms with van der Waals surface area (Å²) in [6, 6.07) is 14.0. The van der Waals surface area contributed by atoms with Crippen molar-refractivity contribution in [2.75, 3.05) is 19.8 Å². The third-order valence-corrected chi connectivity index (χ3v) is 19.2. The van der Waals surface area contributed by atoms with Gasteiger partial charge in [0.25, 0.3) is 0 Å². The van der Waals surface area contributed by atoms with E-state index in [4.69, 9.17) is 14.2 Å². The molecule has 0 fully saturated rings. The molecular formula is C62H87FO3S4. The zero-order chi connectivity index (χ0) is 48.9. The highest BCUT2D eigenvalue weighted by Crippen LogP contribution is 2.52. The summed E-state index contributed by atoms with van der Waals surface area (Å²) >= 11 is 6.82. The number of thiophene rings is 4. The van der Waals surface area contributed by atoms with Crippen LogP contribution in [0.2, 0.25) is 0 Å². The number of fused-ring (bicyclic) bond motifs is 5. The summed E-state index contributed by atoms with van der Waals surface area (Å²) < 4.78 is 40.2. The third kappa shape index (κ3) is 15.3. The Hall–Kier alpha value is -2.91. The van der Waals surface area contributed by atoms with E-state index in [0.29, 0.717) is 24.9 Å². The van der Waals surface area contributed by atoms with Gasteiger partial charge < -0.3 is 14.2 Å². The smallest absolute Gasteiger partial charge is 0.211 e. The van der Waals surface area contributed by atoms with Crippen LogP contribution in [0.3, 0.4) is 0 Å². The van der Waals surface area contributed by atoms with Crippen LogP contribution in [0.15, 0.2) is 36.4 Å². The molecule has 0 bridgehead atoms. The first-order valence-corrected chi connectivity index (χ1v) is 31.7. The van der Waals surface area contributed by atoms with Crippen LogP contribution in [0.4, 0.5) is 4.39 Å². The van der Waals surface area contributed by atoms with E-state index < -0.39 is 0 Å². The SMILES string of the molecule is CCCCCCCCCCCCOc1sc2c(C)sc(-c3cc4cc5c(OCCCCCCCCCCCC)c6cc7sc(C)cc7cc6c(OCCCCCCCCCCCC)c5cc4s3)c2c1F. The van der Waals surface area contributed by atoms with Gasteiger partial charge in [0.15, 0.2) is 5.82 Å². The molecule has 0 spiro atoms. The van der Waals surface area contributed by atoms with Gasteiger partial charge >= 0.3 is 0 Å². The van der Waals surface area contributed by atoms with Gasteiger partial charge in [0.2, 0.25) is 5.06 Å². The number of aryl methyl sites for hydroxylation is 2. The van der Waals surface area contributed by atoms with Gasteiger partial charge in [-0.15, -0.1) is 34.0 Å². The van der Waals surface area contributed by atoms with E-state index in [-0.39, 0.29) is 5.82 Å². The van der Waals surface area contributed by atoms with Crippen molar-refractivity contribution in [2.45, 2.75) is 227 Å². The van der Waals surface area contributed by atoms with Crippen molar-refractivity contribution in [3.05, 3.63) is 52.0 Å². The maximum Gasteiger partial charge on any atom is 0.211 e. The van der Waals surface area contributed by atoms with E-state index in [1.165, 1.54) is 198 Å². The van der Waals surface area contributed by atoms with Crippen LogP contribution < -0.4 is 14.2 Å². The molecule has 384 valence electrons. The van der Waals surface area contributed by atoms with Crippen LogP contribution in [-0.2, 0) is 0 Å². The summed E-state index contributed by atoms with van der Waals surface area (Å²) in [5, 5.41) is 8.10. The Bertz CT molecular complexity index is 2510. The number of benzene rings is 3. The molecule has 0 atom stereocenters. The van der Waals surface area contributed by atoms with Crippen LogP contribution in [0, 0.1) is 19.7 Å². The predicted octanol–water partition coefficient (Wildman–Crippen LogP) is 23.0. The normalized spacial score (nSPS) is 12.0. The minimum atomic E-state index is -0.194. The average Bonchev–Trinajstić information content (AvgIpc) is 4.12. The quantitative estimate of drug-likeness (QED) is 0.0287. The van der Waals surface area contributed by atoms with Gasteiger partial charge in [-0.25, -0.2) is 4.39 Å². The van der Waals surface area contributed by atoms with E-state index in [1.54, 1.807) is 22.7 Å². The molecule has 7 aromatic rings. The maximum absolute atomic E-state index is 16.5. The van der Waals surface area contributed by atoms with E-state index in [1.807, 2.05) is 11.3 Å². The predicted molar refractivity (Wildman–Crippen MR) is 312 cm³/mol. The monoisotopic (exact) mass is 1030 g/mol. The molecule has 0 N–H and O–H groups in total. The molecule has 0 saturated carbocycles. The minimum absolute atomic E-state index is 0.194. The molecule has 3 aromatic carbocycles. The first-order chi connectivity index (χ1) is 34.4. The second kappa shape index (κ2) is 29.7. The molecule has 0 aliphatic carbocycles. The standard InChI is InChI=1S/C62H87FO3S4/c1-6-9-12-15-18-21-24-27-30-33-36-64-58-49-40-47-39-45(4)67-53(47)43-51(49)59(65-37-34-31-28-25-22-19-16-13-10-7-2)50-41-48-42-55(69-54(48)44-52(50)58)61-56-57(63)62(70-60(56)46(5)68-61)66-38-35-32-29-26-23-20-17-14-11-8-3/h39-44H,6-38H2,1-5H3. The maximum atomic E-state index is 16.5. The summed E-state index contributed by atoms with van der Waals surface area (Å²) in [5.41, 5.74) is 0. The first kappa shape index (κ1) is 54.9. The van der Waals surface area contributed by atoms with Crippen molar-refractivity contribution in [3.63, 3.8) is 0 Å². The Morgan fingerprint density at radius 3 is 1.24 bits per heavy atom. The van der Waals surface area contributed by atoms with Gasteiger partial charge in [-0.3, -0.25) is 0 Å². The largest absolute Gasteiger partial charge is 0.492 e. The van der Waals surface area contributed by atoms with Crippen molar-refractivity contribution < 1.29 is 18.6 Å². The first-order valence-electron chi connectivity index (χ1n) is 28.4. The molecule has 0 aliphatic rings. The van der Waals surface area contributed by atoms with E-state index in [2.05, 4.69) is 71.0 Å². The van der Waals surface area contributed by atoms with Crippen molar-refractivity contribution in [1.29, 1.82) is 0 Å². The molecule has 0 aliphatic heterocycles. The van der Waals surface area contributed by atoms with Gasteiger partial charge in [-0.2, -0.15) is 0 Å². The summed E-state index contributed by atoms with van der Waals surface area (Å²) in [5.74, 6) is 1.75. The molecule has 0 amide bonds. The summed E-state index contributed by atoms with van der Waals surface area (Å²) in [4.78, 5) is 4.58. The number of unbranched alkanes of at least 4 members (excludes halogenated alkanes) is 27. The topological polar surface area (TPSA) is 27.7 Å². The van der Waals surface area contributed by atoms with Gasteiger partial charge in [0.1, 0.15) is 11.5 Å². The van der Waals surface area contributed by atoms with E-state index in [9.17, 15) is 0 Å². The second-order valence-electron chi connectivity index (χ2n) is 20.5. The molecule has 7 rings (SSSR count). The Morgan fingerprint density at radius 2 is 0.786 bits per heavy atom. The zero-order valence-corrected chi connectivity index (χ0v) is 47.3. The number of halogens is 1. The molecule has 0 radical (unpaired) electrons. The lowest BCUT2D eigenvalue weighted by Crippen LogP contribution is -2.02. The number of ether oxygens (including phenoxy) is 3. The molecule has 4 aromatic heterocycles. The lowest BCUT2D eigenvalue weighted by Gasteiger charge is -2.19. The zero-order valence-electron chi connectivity index (χ0n) is 44.0. The highest BCUT2D eigenvalue weighted by molar-refractivity contribution is 7.30. The van der Waals surface area contributed by atoms with Crippen LogP contribution in [0.1, 0.15) is 223 Å². The van der Waals surface area contributed by atoms with Crippen LogP contribution in [-0.4, -0.2) is 19.8 Å². The molecule has 8 heteroatoms. The third-order valence-electron chi connectivity index (χ3n) is 14.5. The molecule has 70 heavy (non-hydrogen) atoms. The number of rotatable bonds is 37. The fourth-order valence-electron chi connectivity index (χ4n) is 10.4. The molecule has 0 saturated heterocycles. The Kier molecular flexibility index (Phi) is 23.3. The summed E-state index contributed by atoms with van der Waals surface area (Å²) in [6.45, 7) is 13.2. The van der Waals surface area contributed by atoms with Crippen LogP contribution in [0.5, 0.6) is 16.6 Å². The van der Waals surface area contributed by atoms with Crippen LogP contribution in [0.25, 0.3) is 61.6 Å². The molecule has 0 unspecified atom stereocenters. The lowest BCUT2D eigenvalue weighted by atomic mass is 9.98. The summed E-state index contributed by atoms with van der Waals surface area (Å²) in [7, 11) is 0. The van der Waals surface area contributed by atoms with E-state index in [0.717, 1.165) is 88.8 Å². The Morgan fingerprint density at radius 1 is 0.400 bits per heavy atom. The Labute approximate surface area is 438 Å². The van der Waals surface area contributed by atoms with Gasteiger partial charge in [0, 0.05) is 45.6 Å². The second-order valence-corrected chi connectivity index (χ2v) is 25.1. The van der Waals surface area contributed by atoms with Gasteiger partial charge in [-0.1, -0.05) is 205 Å². The highest BCUT2D eigenvalue weighted by Gasteiger charge is 2.25. The summed E-state index contributed by atoms with van der Waals surface area (Å²) in [6.07, 6.45) is 38.7. The van der Waals surface area contributed by atoms with Crippen LogP contribution >= 0.6 is 45.3 Å². The minimum Gasteiger partial charge on any atom is -0.492 e. The number of hydrogen-bond acceptors (Lipinski definition) is 7. The fraction of sp³-hybridized carbons (Fsp3) is 0.613. The van der Waals surface area contributed by atoms with Crippen molar-refractivity contribution >= 4 is 97.2 Å². The van der Waals surface area contributed by atoms with Crippen molar-refractivity contribution in [1.82, 2.24) is 0 Å². The average molecular weight is 1030 g/mol. The van der Waals surface area contributed by atoms with Gasteiger partial charge in [0.05, 0.1) is 34.8 Å². The van der Waals surface area contributed by atoms with Crippen molar-refractivity contribution in [3.8, 4) is 26.3 Å². The molecule has 3 nitrogen and oxygen atoms in total.